The highest BCUT2D eigenvalue weighted by atomic mass is 35.5. The number of carbonyl (C=O) groups is 1. The van der Waals surface area contributed by atoms with Gasteiger partial charge in [-0.05, 0) is 19.1 Å². The van der Waals surface area contributed by atoms with Crippen LogP contribution in [0, 0.1) is 6.92 Å². The van der Waals surface area contributed by atoms with Gasteiger partial charge in [-0.1, -0.05) is 23.7 Å². The molecule has 0 spiro atoms. The standard InChI is InChI=1S/C19H14ClN3O5S/c1-7-10(18(26)28-2)14(24)15(29-7)11-12-16(22-19(27)23-17(12)25)21-13(11)8-4-3-5-9(20)6-8/h3-6,24H,1-2H3,(H3,21,22,23,25,27). The maximum absolute atomic E-state index is 12.6. The number of carbonyl (C=O) groups excluding carboxylic acids is 1. The van der Waals surface area contributed by atoms with E-state index in [1.165, 1.54) is 7.11 Å². The number of rotatable bonds is 3. The Labute approximate surface area is 171 Å². The van der Waals surface area contributed by atoms with Crippen LogP contribution in [0.15, 0.2) is 33.9 Å². The summed E-state index contributed by atoms with van der Waals surface area (Å²) in [7, 11) is 1.22. The number of esters is 1. The molecule has 0 saturated carbocycles. The molecule has 3 aromatic heterocycles. The van der Waals surface area contributed by atoms with Gasteiger partial charge >= 0.3 is 11.7 Å². The molecule has 4 rings (SSSR count). The lowest BCUT2D eigenvalue weighted by atomic mass is 10.0. The van der Waals surface area contributed by atoms with Crippen molar-refractivity contribution in [2.24, 2.45) is 0 Å². The summed E-state index contributed by atoms with van der Waals surface area (Å²) in [4.78, 5) is 45.0. The number of thiophene rings is 1. The fourth-order valence-corrected chi connectivity index (χ4v) is 4.55. The number of methoxy groups -OCH3 is 1. The Hall–Kier alpha value is -3.30. The summed E-state index contributed by atoms with van der Waals surface area (Å²) >= 11 is 7.26. The normalized spacial score (nSPS) is 11.1. The third-order valence-electron chi connectivity index (χ3n) is 4.48. The van der Waals surface area contributed by atoms with Crippen LogP contribution < -0.4 is 11.2 Å². The van der Waals surface area contributed by atoms with Gasteiger partial charge in [-0.15, -0.1) is 11.3 Å². The van der Waals surface area contributed by atoms with Crippen molar-refractivity contribution in [2.45, 2.75) is 6.92 Å². The fourth-order valence-electron chi connectivity index (χ4n) is 3.26. The minimum Gasteiger partial charge on any atom is -0.505 e. The van der Waals surface area contributed by atoms with E-state index >= 15 is 0 Å². The van der Waals surface area contributed by atoms with E-state index in [1.807, 2.05) is 0 Å². The molecule has 10 heteroatoms. The molecule has 148 valence electrons. The van der Waals surface area contributed by atoms with Crippen LogP contribution in [0.1, 0.15) is 15.2 Å². The number of aromatic amines is 3. The topological polar surface area (TPSA) is 128 Å². The summed E-state index contributed by atoms with van der Waals surface area (Å²) in [6.45, 7) is 1.67. The molecule has 0 fully saturated rings. The first kappa shape index (κ1) is 19.0. The van der Waals surface area contributed by atoms with E-state index < -0.39 is 17.2 Å². The molecule has 4 N–H and O–H groups in total. The van der Waals surface area contributed by atoms with E-state index in [2.05, 4.69) is 15.0 Å². The molecule has 0 aliphatic rings. The van der Waals surface area contributed by atoms with Gasteiger partial charge in [0.2, 0.25) is 0 Å². The third-order valence-corrected chi connectivity index (χ3v) is 5.83. The van der Waals surface area contributed by atoms with Crippen LogP contribution in [-0.2, 0) is 4.74 Å². The minimum absolute atomic E-state index is 0.0275. The maximum atomic E-state index is 12.6. The van der Waals surface area contributed by atoms with Gasteiger partial charge in [-0.25, -0.2) is 9.59 Å². The second-order valence-corrected chi connectivity index (χ2v) is 7.91. The van der Waals surface area contributed by atoms with Gasteiger partial charge in [0.1, 0.15) is 17.0 Å². The number of H-pyrrole nitrogens is 3. The van der Waals surface area contributed by atoms with E-state index in [4.69, 9.17) is 16.3 Å². The molecule has 0 radical (unpaired) electrons. The van der Waals surface area contributed by atoms with Crippen LogP contribution in [0.5, 0.6) is 5.75 Å². The fraction of sp³-hybridized carbons (Fsp3) is 0.105. The van der Waals surface area contributed by atoms with E-state index in [-0.39, 0.29) is 22.3 Å². The van der Waals surface area contributed by atoms with Crippen LogP contribution in [0.3, 0.4) is 0 Å². The maximum Gasteiger partial charge on any atom is 0.342 e. The predicted octanol–water partition coefficient (Wildman–Crippen LogP) is 3.39. The van der Waals surface area contributed by atoms with Crippen molar-refractivity contribution in [3.63, 3.8) is 0 Å². The van der Waals surface area contributed by atoms with Gasteiger partial charge in [0.25, 0.3) is 5.56 Å². The lowest BCUT2D eigenvalue weighted by Gasteiger charge is -2.05. The number of hydrogen-bond donors (Lipinski definition) is 4. The third kappa shape index (κ3) is 3.04. The predicted molar refractivity (Wildman–Crippen MR) is 111 cm³/mol. The summed E-state index contributed by atoms with van der Waals surface area (Å²) in [5.74, 6) is -0.983. The van der Waals surface area contributed by atoms with Gasteiger partial charge < -0.3 is 14.8 Å². The molecule has 29 heavy (non-hydrogen) atoms. The summed E-state index contributed by atoms with van der Waals surface area (Å²) in [6.07, 6.45) is 0. The lowest BCUT2D eigenvalue weighted by molar-refractivity contribution is 0.0597. The molecule has 0 bridgehead atoms. The van der Waals surface area contributed by atoms with E-state index in [0.29, 0.717) is 31.6 Å². The van der Waals surface area contributed by atoms with E-state index in [1.54, 1.807) is 31.2 Å². The summed E-state index contributed by atoms with van der Waals surface area (Å²) in [6, 6.07) is 6.88. The number of fused-ring (bicyclic) bond motifs is 1. The van der Waals surface area contributed by atoms with Crippen molar-refractivity contribution in [3.05, 3.63) is 60.6 Å². The molecule has 8 nitrogen and oxygen atoms in total. The highest BCUT2D eigenvalue weighted by Crippen LogP contribution is 2.47. The Kier molecular flexibility index (Phi) is 4.56. The van der Waals surface area contributed by atoms with Crippen molar-refractivity contribution in [1.82, 2.24) is 15.0 Å². The Bertz CT molecular complexity index is 1400. The van der Waals surface area contributed by atoms with Gasteiger partial charge in [0, 0.05) is 21.0 Å². The van der Waals surface area contributed by atoms with Crippen LogP contribution in [0.4, 0.5) is 0 Å². The molecule has 0 aliphatic heterocycles. The van der Waals surface area contributed by atoms with Crippen molar-refractivity contribution >= 4 is 39.9 Å². The Morgan fingerprint density at radius 1 is 1.21 bits per heavy atom. The summed E-state index contributed by atoms with van der Waals surface area (Å²) < 4.78 is 4.75. The van der Waals surface area contributed by atoms with Crippen LogP contribution in [0.2, 0.25) is 5.02 Å². The SMILES string of the molecule is COC(=O)c1c(C)sc(-c2c(-c3cccc(Cl)c3)[nH]c3[nH]c(=O)[nH]c(=O)c23)c1O. The molecule has 0 amide bonds. The molecular weight excluding hydrogens is 418 g/mol. The minimum atomic E-state index is -0.686. The van der Waals surface area contributed by atoms with Crippen molar-refractivity contribution in [3.8, 4) is 27.4 Å². The van der Waals surface area contributed by atoms with Crippen LogP contribution >= 0.6 is 22.9 Å². The first-order valence-corrected chi connectivity index (χ1v) is 9.56. The first-order valence-electron chi connectivity index (χ1n) is 8.37. The highest BCUT2D eigenvalue weighted by Gasteiger charge is 2.28. The smallest absolute Gasteiger partial charge is 0.342 e. The molecule has 3 heterocycles. The number of nitrogens with one attached hydrogen (secondary N) is 3. The summed E-state index contributed by atoms with van der Waals surface area (Å²) in [5.41, 5.74) is 0.356. The Morgan fingerprint density at radius 2 is 1.97 bits per heavy atom. The quantitative estimate of drug-likeness (QED) is 0.369. The zero-order valence-electron chi connectivity index (χ0n) is 15.2. The Morgan fingerprint density at radius 3 is 2.66 bits per heavy atom. The van der Waals surface area contributed by atoms with Gasteiger partial charge in [-0.2, -0.15) is 0 Å². The van der Waals surface area contributed by atoms with Crippen molar-refractivity contribution in [1.29, 1.82) is 0 Å². The average molecular weight is 432 g/mol. The number of aryl methyl sites for hydroxylation is 1. The monoisotopic (exact) mass is 431 g/mol. The number of hydrogen-bond acceptors (Lipinski definition) is 6. The molecular formula is C19H14ClN3O5S. The number of aromatic nitrogens is 3. The molecule has 0 unspecified atom stereocenters. The molecule has 0 aliphatic carbocycles. The largest absolute Gasteiger partial charge is 0.505 e. The molecule has 0 saturated heterocycles. The highest BCUT2D eigenvalue weighted by molar-refractivity contribution is 7.16. The second kappa shape index (κ2) is 6.94. The van der Waals surface area contributed by atoms with Gasteiger partial charge in [0.05, 0.1) is 23.1 Å². The van der Waals surface area contributed by atoms with Crippen molar-refractivity contribution in [2.75, 3.05) is 7.11 Å². The zero-order chi connectivity index (χ0) is 20.9. The second-order valence-electron chi connectivity index (χ2n) is 6.25. The Balaban J connectivity index is 2.14. The lowest BCUT2D eigenvalue weighted by Crippen LogP contribution is -2.21. The van der Waals surface area contributed by atoms with Gasteiger partial charge in [-0.3, -0.25) is 14.8 Å². The number of halogens is 1. The van der Waals surface area contributed by atoms with E-state index in [9.17, 15) is 19.5 Å². The molecule has 4 aromatic rings. The average Bonchev–Trinajstić information content (AvgIpc) is 3.18. The number of benzene rings is 1. The van der Waals surface area contributed by atoms with E-state index in [0.717, 1.165) is 11.3 Å². The number of ether oxygens (including phenoxy) is 1. The summed E-state index contributed by atoms with van der Waals surface area (Å²) in [5, 5.41) is 11.4. The van der Waals surface area contributed by atoms with Crippen LogP contribution in [-0.4, -0.2) is 33.1 Å². The zero-order valence-corrected chi connectivity index (χ0v) is 16.7. The molecule has 1 aromatic carbocycles. The van der Waals surface area contributed by atoms with Gasteiger partial charge in [0.15, 0.2) is 0 Å². The number of aromatic hydroxyl groups is 1. The van der Waals surface area contributed by atoms with Crippen molar-refractivity contribution < 1.29 is 14.6 Å². The van der Waals surface area contributed by atoms with Crippen LogP contribution in [0.25, 0.3) is 32.7 Å². The first-order chi connectivity index (χ1) is 13.8. The molecule has 0 atom stereocenters.